The van der Waals surface area contributed by atoms with Crippen LogP contribution in [-0.2, 0) is 4.79 Å². The molecule has 1 aromatic carbocycles. The van der Waals surface area contributed by atoms with Gasteiger partial charge in [0.1, 0.15) is 18.1 Å². The van der Waals surface area contributed by atoms with Gasteiger partial charge in [-0.3, -0.25) is 0 Å². The van der Waals surface area contributed by atoms with E-state index >= 15 is 0 Å². The Morgan fingerprint density at radius 2 is 2.32 bits per heavy atom. The quantitative estimate of drug-likeness (QED) is 0.885. The number of rotatable bonds is 2. The van der Waals surface area contributed by atoms with Crippen LogP contribution >= 0.6 is 15.9 Å². The number of hydrogen-bond acceptors (Lipinski definition) is 4. The van der Waals surface area contributed by atoms with Crippen LogP contribution in [0.4, 0.5) is 5.95 Å². The van der Waals surface area contributed by atoms with Crippen molar-refractivity contribution in [1.82, 2.24) is 14.8 Å². The number of carbonyl (C=O) groups is 1. The van der Waals surface area contributed by atoms with Crippen LogP contribution in [0.15, 0.2) is 46.8 Å². The van der Waals surface area contributed by atoms with Crippen molar-refractivity contribution in [2.24, 2.45) is 0 Å². The molecule has 0 unspecified atom stereocenters. The highest BCUT2D eigenvalue weighted by Gasteiger charge is 2.25. The molecule has 0 saturated heterocycles. The number of allylic oxidation sites excluding steroid dienone is 1. The maximum absolute atomic E-state index is 11.1. The van der Waals surface area contributed by atoms with Crippen molar-refractivity contribution in [2.75, 3.05) is 5.32 Å². The van der Waals surface area contributed by atoms with Gasteiger partial charge in [0.15, 0.2) is 0 Å². The first kappa shape index (κ1) is 11.9. The van der Waals surface area contributed by atoms with Crippen LogP contribution in [0.2, 0.25) is 0 Å². The topological polar surface area (TPSA) is 80.0 Å². The summed E-state index contributed by atoms with van der Waals surface area (Å²) in [6, 6.07) is 7.36. The smallest absolute Gasteiger partial charge is 0.352 e. The molecule has 1 aliphatic rings. The molecule has 0 radical (unpaired) electrons. The van der Waals surface area contributed by atoms with Gasteiger partial charge in [0, 0.05) is 4.47 Å². The summed E-state index contributed by atoms with van der Waals surface area (Å²) in [4.78, 5) is 15.1. The standard InChI is InChI=1S/C12H9BrN4O2/c13-8-3-1-2-7(4-8)10-5-9(11(18)19)16-12-14-6-15-17(10)12/h1-6,10H,(H,18,19)(H,14,15,16)/t10-/m0/s1. The van der Waals surface area contributed by atoms with E-state index in [1.54, 1.807) is 10.8 Å². The molecule has 19 heavy (non-hydrogen) atoms. The number of nitrogens with one attached hydrogen (secondary N) is 1. The molecule has 0 bridgehead atoms. The normalized spacial score (nSPS) is 17.3. The second kappa shape index (κ2) is 4.51. The highest BCUT2D eigenvalue weighted by molar-refractivity contribution is 9.10. The van der Waals surface area contributed by atoms with Crippen molar-refractivity contribution in [2.45, 2.75) is 6.04 Å². The van der Waals surface area contributed by atoms with Gasteiger partial charge in [0.25, 0.3) is 0 Å². The summed E-state index contributed by atoms with van der Waals surface area (Å²) >= 11 is 3.41. The zero-order chi connectivity index (χ0) is 13.4. The van der Waals surface area contributed by atoms with Crippen LogP contribution in [0.1, 0.15) is 11.6 Å². The Morgan fingerprint density at radius 1 is 1.47 bits per heavy atom. The summed E-state index contributed by atoms with van der Waals surface area (Å²) in [5, 5.41) is 16.0. The summed E-state index contributed by atoms with van der Waals surface area (Å²) < 4.78 is 2.57. The summed E-state index contributed by atoms with van der Waals surface area (Å²) in [7, 11) is 0. The number of aliphatic carboxylic acids is 1. The number of fused-ring (bicyclic) bond motifs is 1. The monoisotopic (exact) mass is 320 g/mol. The minimum Gasteiger partial charge on any atom is -0.477 e. The number of halogens is 1. The molecule has 0 saturated carbocycles. The minimum absolute atomic E-state index is 0.102. The fourth-order valence-electron chi connectivity index (χ4n) is 1.99. The predicted octanol–water partition coefficient (Wildman–Crippen LogP) is 2.02. The van der Waals surface area contributed by atoms with Gasteiger partial charge in [-0.1, -0.05) is 28.1 Å². The molecule has 2 N–H and O–H groups in total. The molecule has 0 spiro atoms. The fourth-order valence-corrected chi connectivity index (χ4v) is 2.40. The second-order valence-corrected chi connectivity index (χ2v) is 4.95. The van der Waals surface area contributed by atoms with Crippen molar-refractivity contribution in [1.29, 1.82) is 0 Å². The molecule has 1 aliphatic heterocycles. The average molecular weight is 321 g/mol. The zero-order valence-electron chi connectivity index (χ0n) is 9.62. The third-order valence-corrected chi connectivity index (χ3v) is 3.32. The van der Waals surface area contributed by atoms with Crippen molar-refractivity contribution in [3.63, 3.8) is 0 Å². The highest BCUT2D eigenvalue weighted by Crippen LogP contribution is 2.29. The van der Waals surface area contributed by atoms with Crippen LogP contribution in [-0.4, -0.2) is 25.8 Å². The van der Waals surface area contributed by atoms with Gasteiger partial charge in [-0.25, -0.2) is 9.48 Å². The lowest BCUT2D eigenvalue weighted by Crippen LogP contribution is -2.24. The number of hydrogen-bond donors (Lipinski definition) is 2. The molecule has 7 heteroatoms. The Balaban J connectivity index is 2.11. The number of carboxylic acids is 1. The van der Waals surface area contributed by atoms with Gasteiger partial charge in [-0.05, 0) is 23.8 Å². The van der Waals surface area contributed by atoms with E-state index in [2.05, 4.69) is 31.3 Å². The Morgan fingerprint density at radius 3 is 3.05 bits per heavy atom. The number of nitrogens with zero attached hydrogens (tertiary/aromatic N) is 3. The second-order valence-electron chi connectivity index (χ2n) is 4.04. The summed E-state index contributed by atoms with van der Waals surface area (Å²) in [6.07, 6.45) is 3.01. The lowest BCUT2D eigenvalue weighted by molar-refractivity contribution is -0.132. The number of carboxylic acid groups (broad SMARTS) is 1. The molecule has 96 valence electrons. The summed E-state index contributed by atoms with van der Waals surface area (Å²) in [6.45, 7) is 0. The number of anilines is 1. The lowest BCUT2D eigenvalue weighted by atomic mass is 10.0. The first-order chi connectivity index (χ1) is 9.15. The molecule has 0 amide bonds. The molecule has 2 aromatic rings. The van der Waals surface area contributed by atoms with E-state index in [9.17, 15) is 4.79 Å². The van der Waals surface area contributed by atoms with Crippen molar-refractivity contribution < 1.29 is 9.90 Å². The zero-order valence-corrected chi connectivity index (χ0v) is 11.2. The SMILES string of the molecule is O=C(O)C1=C[C@@H](c2cccc(Br)c2)n2ncnc2N1. The van der Waals surface area contributed by atoms with Gasteiger partial charge >= 0.3 is 5.97 Å². The first-order valence-corrected chi connectivity index (χ1v) is 6.31. The Labute approximate surface area is 116 Å². The van der Waals surface area contributed by atoms with Crippen LogP contribution in [0.5, 0.6) is 0 Å². The molecule has 2 heterocycles. The van der Waals surface area contributed by atoms with E-state index < -0.39 is 5.97 Å². The Hall–Kier alpha value is -2.15. The first-order valence-electron chi connectivity index (χ1n) is 5.52. The Bertz CT molecular complexity index is 680. The van der Waals surface area contributed by atoms with Crippen molar-refractivity contribution >= 4 is 27.8 Å². The fraction of sp³-hybridized carbons (Fsp3) is 0.0833. The van der Waals surface area contributed by atoms with Crippen LogP contribution in [0.25, 0.3) is 0 Å². The van der Waals surface area contributed by atoms with E-state index in [0.717, 1.165) is 10.0 Å². The average Bonchev–Trinajstić information content (AvgIpc) is 2.85. The van der Waals surface area contributed by atoms with Gasteiger partial charge in [-0.15, -0.1) is 0 Å². The third kappa shape index (κ3) is 2.12. The molecule has 1 aromatic heterocycles. The number of aromatic nitrogens is 3. The lowest BCUT2D eigenvalue weighted by Gasteiger charge is -2.22. The predicted molar refractivity (Wildman–Crippen MR) is 71.6 cm³/mol. The van der Waals surface area contributed by atoms with E-state index in [1.165, 1.54) is 6.33 Å². The molecule has 3 rings (SSSR count). The third-order valence-electron chi connectivity index (χ3n) is 2.83. The molecular formula is C12H9BrN4O2. The van der Waals surface area contributed by atoms with E-state index in [-0.39, 0.29) is 11.7 Å². The van der Waals surface area contributed by atoms with Crippen LogP contribution < -0.4 is 5.32 Å². The van der Waals surface area contributed by atoms with Gasteiger partial charge in [0.2, 0.25) is 5.95 Å². The minimum atomic E-state index is -1.02. The summed E-state index contributed by atoms with van der Waals surface area (Å²) in [5.41, 5.74) is 1.03. The van der Waals surface area contributed by atoms with E-state index in [4.69, 9.17) is 5.11 Å². The molecule has 0 fully saturated rings. The van der Waals surface area contributed by atoms with Gasteiger partial charge < -0.3 is 10.4 Å². The van der Waals surface area contributed by atoms with E-state index in [1.807, 2.05) is 24.3 Å². The van der Waals surface area contributed by atoms with E-state index in [0.29, 0.717) is 5.95 Å². The van der Waals surface area contributed by atoms with Crippen LogP contribution in [0.3, 0.4) is 0 Å². The van der Waals surface area contributed by atoms with Crippen molar-refractivity contribution in [3.05, 3.63) is 52.4 Å². The van der Waals surface area contributed by atoms with Crippen LogP contribution in [0, 0.1) is 0 Å². The van der Waals surface area contributed by atoms with Gasteiger partial charge in [-0.2, -0.15) is 10.1 Å². The van der Waals surface area contributed by atoms with Crippen molar-refractivity contribution in [3.8, 4) is 0 Å². The molecule has 6 nitrogen and oxygen atoms in total. The molecule has 1 atom stereocenters. The maximum Gasteiger partial charge on any atom is 0.352 e. The Kier molecular flexibility index (Phi) is 2.83. The summed E-state index contributed by atoms with van der Waals surface area (Å²) in [5.74, 6) is -0.598. The number of benzene rings is 1. The largest absolute Gasteiger partial charge is 0.477 e. The van der Waals surface area contributed by atoms with Gasteiger partial charge in [0.05, 0.1) is 0 Å². The molecule has 0 aliphatic carbocycles. The highest BCUT2D eigenvalue weighted by atomic mass is 79.9. The molecular weight excluding hydrogens is 312 g/mol. The maximum atomic E-state index is 11.1.